The summed E-state index contributed by atoms with van der Waals surface area (Å²) >= 11 is 7.45. The quantitative estimate of drug-likeness (QED) is 0.350. The van der Waals surface area contributed by atoms with E-state index >= 15 is 0 Å². The van der Waals surface area contributed by atoms with Gasteiger partial charge in [-0.2, -0.15) is 0 Å². The van der Waals surface area contributed by atoms with Gasteiger partial charge in [-0.15, -0.1) is 0 Å². The number of amides is 1. The van der Waals surface area contributed by atoms with Crippen LogP contribution in [0.2, 0.25) is 5.02 Å². The molecule has 4 nitrogen and oxygen atoms in total. The average molecular weight is 437 g/mol. The molecule has 0 fully saturated rings. The smallest absolute Gasteiger partial charge is 0.267 e. The van der Waals surface area contributed by atoms with Crippen LogP contribution in [0, 0.1) is 0 Å². The van der Waals surface area contributed by atoms with Gasteiger partial charge in [0.1, 0.15) is 5.75 Å². The molecule has 0 spiro atoms. The highest BCUT2D eigenvalue weighted by molar-refractivity contribution is 7.22. The number of thiazole rings is 1. The van der Waals surface area contributed by atoms with Gasteiger partial charge in [0.05, 0.1) is 16.8 Å². The molecule has 1 aromatic heterocycles. The van der Waals surface area contributed by atoms with E-state index < -0.39 is 0 Å². The van der Waals surface area contributed by atoms with E-state index in [2.05, 4.69) is 13.0 Å². The molecule has 0 saturated heterocycles. The number of anilines is 1. The normalized spacial score (nSPS) is 10.9. The number of benzene rings is 3. The predicted molar refractivity (Wildman–Crippen MR) is 124 cm³/mol. The number of aromatic nitrogens is 1. The fraction of sp³-hybridized carbons (Fsp3) is 0.167. The average Bonchev–Trinajstić information content (AvgIpc) is 3.21. The van der Waals surface area contributed by atoms with Crippen LogP contribution in [0.3, 0.4) is 0 Å². The Bertz CT molecular complexity index is 1140. The van der Waals surface area contributed by atoms with Crippen LogP contribution >= 0.6 is 22.9 Å². The molecule has 0 radical (unpaired) electrons. The third-order valence-electron chi connectivity index (χ3n) is 4.76. The first kappa shape index (κ1) is 20.4. The highest BCUT2D eigenvalue weighted by atomic mass is 35.5. The first-order valence-electron chi connectivity index (χ1n) is 9.75. The van der Waals surface area contributed by atoms with Gasteiger partial charge >= 0.3 is 0 Å². The van der Waals surface area contributed by atoms with E-state index in [1.807, 2.05) is 42.5 Å². The molecule has 3 aromatic carbocycles. The van der Waals surface area contributed by atoms with Crippen LogP contribution in [0.15, 0.2) is 72.8 Å². The minimum absolute atomic E-state index is 0.0783. The van der Waals surface area contributed by atoms with Gasteiger partial charge in [0, 0.05) is 5.02 Å². The Morgan fingerprint density at radius 3 is 2.53 bits per heavy atom. The molecule has 152 valence electrons. The molecule has 4 aromatic rings. The number of fused-ring (bicyclic) bond motifs is 1. The monoisotopic (exact) mass is 436 g/mol. The zero-order chi connectivity index (χ0) is 20.9. The van der Waals surface area contributed by atoms with Gasteiger partial charge in [-0.1, -0.05) is 72.3 Å². The minimum atomic E-state index is -0.147. The number of halogens is 1. The van der Waals surface area contributed by atoms with Crippen LogP contribution in [0.5, 0.6) is 5.75 Å². The lowest BCUT2D eigenvalue weighted by Gasteiger charge is -2.20. The van der Waals surface area contributed by atoms with Crippen molar-refractivity contribution in [2.45, 2.75) is 19.9 Å². The number of nitrogens with zero attached hydrogens (tertiary/aromatic N) is 2. The van der Waals surface area contributed by atoms with Gasteiger partial charge in [-0.05, 0) is 47.9 Å². The summed E-state index contributed by atoms with van der Waals surface area (Å²) in [5, 5.41) is 1.31. The molecule has 0 unspecified atom stereocenters. The zero-order valence-electron chi connectivity index (χ0n) is 16.5. The topological polar surface area (TPSA) is 42.4 Å². The summed E-state index contributed by atoms with van der Waals surface area (Å²) in [6, 6.07) is 23.1. The van der Waals surface area contributed by atoms with Crippen molar-refractivity contribution in [2.24, 2.45) is 0 Å². The predicted octanol–water partition coefficient (Wildman–Crippen LogP) is 6.12. The highest BCUT2D eigenvalue weighted by Crippen LogP contribution is 2.32. The summed E-state index contributed by atoms with van der Waals surface area (Å²) in [7, 11) is 0. The van der Waals surface area contributed by atoms with E-state index in [-0.39, 0.29) is 12.5 Å². The number of aryl methyl sites for hydroxylation is 1. The number of para-hydroxylation sites is 1. The Morgan fingerprint density at radius 1 is 1.03 bits per heavy atom. The van der Waals surface area contributed by atoms with Crippen LogP contribution < -0.4 is 9.64 Å². The Morgan fingerprint density at radius 2 is 1.80 bits per heavy atom. The third-order valence-corrected chi connectivity index (χ3v) is 6.06. The molecule has 0 aliphatic carbocycles. The second-order valence-electron chi connectivity index (χ2n) is 6.82. The molecular formula is C24H21ClN2O2S. The van der Waals surface area contributed by atoms with Gasteiger partial charge in [-0.3, -0.25) is 9.69 Å². The lowest BCUT2D eigenvalue weighted by molar-refractivity contribution is -0.120. The molecule has 0 saturated carbocycles. The fourth-order valence-corrected chi connectivity index (χ4v) is 4.33. The van der Waals surface area contributed by atoms with Crippen molar-refractivity contribution in [1.29, 1.82) is 0 Å². The lowest BCUT2D eigenvalue weighted by atomic mass is 10.1. The van der Waals surface area contributed by atoms with Gasteiger partial charge in [0.25, 0.3) is 5.91 Å². The van der Waals surface area contributed by atoms with Gasteiger partial charge in [-0.25, -0.2) is 4.98 Å². The zero-order valence-corrected chi connectivity index (χ0v) is 18.1. The molecular weight excluding hydrogens is 416 g/mol. The van der Waals surface area contributed by atoms with Crippen LogP contribution in [0.25, 0.3) is 10.2 Å². The SMILES string of the molecule is CCc1cccc2sc(N(Cc3ccccc3)C(=O)COc3ccc(Cl)cc3)nc12. The number of carbonyl (C=O) groups excluding carboxylic acids is 1. The Labute approximate surface area is 184 Å². The van der Waals surface area contributed by atoms with Crippen LogP contribution in [-0.4, -0.2) is 17.5 Å². The van der Waals surface area contributed by atoms with Crippen LogP contribution in [0.4, 0.5) is 5.13 Å². The maximum absolute atomic E-state index is 13.2. The second-order valence-corrected chi connectivity index (χ2v) is 8.27. The molecule has 1 heterocycles. The molecule has 0 aliphatic rings. The van der Waals surface area contributed by atoms with Gasteiger partial charge in [0.15, 0.2) is 11.7 Å². The van der Waals surface area contributed by atoms with Crippen molar-refractivity contribution in [2.75, 3.05) is 11.5 Å². The lowest BCUT2D eigenvalue weighted by Crippen LogP contribution is -2.34. The maximum Gasteiger partial charge on any atom is 0.267 e. The van der Waals surface area contributed by atoms with Crippen molar-refractivity contribution in [3.8, 4) is 5.75 Å². The van der Waals surface area contributed by atoms with E-state index in [0.717, 1.165) is 22.2 Å². The standard InChI is InChI=1S/C24H21ClN2O2S/c1-2-18-9-6-10-21-23(18)26-24(30-21)27(15-17-7-4-3-5-8-17)22(28)16-29-20-13-11-19(25)12-14-20/h3-14H,2,15-16H2,1H3. The first-order chi connectivity index (χ1) is 14.6. The number of hydrogen-bond donors (Lipinski definition) is 0. The fourth-order valence-electron chi connectivity index (χ4n) is 3.18. The number of carbonyl (C=O) groups is 1. The van der Waals surface area contributed by atoms with Gasteiger partial charge in [0.2, 0.25) is 0 Å². The van der Waals surface area contributed by atoms with Crippen molar-refractivity contribution in [1.82, 2.24) is 4.98 Å². The molecule has 30 heavy (non-hydrogen) atoms. The largest absolute Gasteiger partial charge is 0.484 e. The van der Waals surface area contributed by atoms with Crippen molar-refractivity contribution >= 4 is 44.2 Å². The Hall–Kier alpha value is -2.89. The molecule has 1 amide bonds. The summed E-state index contributed by atoms with van der Waals surface area (Å²) in [4.78, 5) is 19.7. The minimum Gasteiger partial charge on any atom is -0.484 e. The molecule has 4 rings (SSSR count). The number of hydrogen-bond acceptors (Lipinski definition) is 4. The molecule has 0 aliphatic heterocycles. The van der Waals surface area contributed by atoms with Crippen molar-refractivity contribution < 1.29 is 9.53 Å². The van der Waals surface area contributed by atoms with Crippen LogP contribution in [0.1, 0.15) is 18.1 Å². The number of ether oxygens (including phenoxy) is 1. The first-order valence-corrected chi connectivity index (χ1v) is 10.9. The Kier molecular flexibility index (Phi) is 6.31. The second kappa shape index (κ2) is 9.28. The molecule has 0 atom stereocenters. The van der Waals surface area contributed by atoms with E-state index in [1.54, 1.807) is 29.2 Å². The van der Waals surface area contributed by atoms with E-state index in [4.69, 9.17) is 21.3 Å². The van der Waals surface area contributed by atoms with Crippen molar-refractivity contribution in [3.63, 3.8) is 0 Å². The third kappa shape index (κ3) is 4.64. The summed E-state index contributed by atoms with van der Waals surface area (Å²) in [6.07, 6.45) is 0.896. The molecule has 6 heteroatoms. The summed E-state index contributed by atoms with van der Waals surface area (Å²) in [5.74, 6) is 0.455. The van der Waals surface area contributed by atoms with E-state index in [1.165, 1.54) is 16.9 Å². The summed E-state index contributed by atoms with van der Waals surface area (Å²) in [5.41, 5.74) is 3.18. The van der Waals surface area contributed by atoms with Crippen molar-refractivity contribution in [3.05, 3.63) is 88.9 Å². The molecule has 0 bridgehead atoms. The van der Waals surface area contributed by atoms with E-state index in [9.17, 15) is 4.79 Å². The maximum atomic E-state index is 13.2. The number of rotatable bonds is 7. The summed E-state index contributed by atoms with van der Waals surface area (Å²) in [6.45, 7) is 2.47. The van der Waals surface area contributed by atoms with E-state index in [0.29, 0.717) is 22.4 Å². The summed E-state index contributed by atoms with van der Waals surface area (Å²) < 4.78 is 6.79. The highest BCUT2D eigenvalue weighted by Gasteiger charge is 2.21. The van der Waals surface area contributed by atoms with Gasteiger partial charge < -0.3 is 4.74 Å². The Balaban J connectivity index is 1.62. The molecule has 0 N–H and O–H groups in total. The van der Waals surface area contributed by atoms with Crippen LogP contribution in [-0.2, 0) is 17.8 Å².